The highest BCUT2D eigenvalue weighted by atomic mass is 35.5. The summed E-state index contributed by atoms with van der Waals surface area (Å²) in [5.74, 6) is -0.386. The zero-order valence-corrected chi connectivity index (χ0v) is 21.0. The molecule has 0 atom stereocenters. The number of halogens is 1. The van der Waals surface area contributed by atoms with Crippen molar-refractivity contribution in [3.8, 4) is 0 Å². The highest BCUT2D eigenvalue weighted by molar-refractivity contribution is 7.22. The number of fused-ring (bicyclic) bond motifs is 1. The number of aromatic nitrogens is 1. The van der Waals surface area contributed by atoms with Crippen molar-refractivity contribution < 1.29 is 9.53 Å². The number of thiazole rings is 1. The van der Waals surface area contributed by atoms with Gasteiger partial charge in [-0.3, -0.25) is 14.6 Å². The Kier molecular flexibility index (Phi) is 7.74. The van der Waals surface area contributed by atoms with Crippen LogP contribution >= 0.6 is 22.9 Å². The fourth-order valence-electron chi connectivity index (χ4n) is 4.52. The van der Waals surface area contributed by atoms with E-state index in [0.717, 1.165) is 60.6 Å². The molecule has 0 radical (unpaired) electrons. The summed E-state index contributed by atoms with van der Waals surface area (Å²) < 4.78 is 6.46. The first-order valence-corrected chi connectivity index (χ1v) is 13.2. The second kappa shape index (κ2) is 11.3. The van der Waals surface area contributed by atoms with Crippen molar-refractivity contribution in [3.05, 3.63) is 95.0 Å². The predicted octanol–water partition coefficient (Wildman–Crippen LogP) is 5.84. The lowest BCUT2D eigenvalue weighted by molar-refractivity contribution is -0.119. The summed E-state index contributed by atoms with van der Waals surface area (Å²) in [7, 11) is 0. The molecular weight excluding hydrogens is 478 g/mol. The average molecular weight is 506 g/mol. The Morgan fingerprint density at radius 1 is 0.971 bits per heavy atom. The normalized spacial score (nSPS) is 14.5. The SMILES string of the molecule is O=C(C(c1ccccc1)c1ccccc1)N(CCCN1CCOCC1)c1nc2c(Cl)cccc2s1. The molecule has 0 saturated carbocycles. The molecule has 5 rings (SSSR count). The van der Waals surface area contributed by atoms with Crippen LogP contribution in [-0.4, -0.2) is 55.2 Å². The number of anilines is 1. The van der Waals surface area contributed by atoms with Gasteiger partial charge in [-0.15, -0.1) is 0 Å². The van der Waals surface area contributed by atoms with Gasteiger partial charge in [0.2, 0.25) is 5.91 Å². The standard InChI is InChI=1S/C28H28ClN3O2S/c29-23-13-7-14-24-26(23)30-28(35-24)32(16-8-15-31-17-19-34-20-18-31)27(33)25(21-9-3-1-4-10-21)22-11-5-2-6-12-22/h1-7,9-14,25H,8,15-20H2. The lowest BCUT2D eigenvalue weighted by atomic mass is 9.90. The number of ether oxygens (including phenoxy) is 1. The van der Waals surface area contributed by atoms with Crippen LogP contribution in [0.2, 0.25) is 5.02 Å². The minimum absolute atomic E-state index is 0.0274. The summed E-state index contributed by atoms with van der Waals surface area (Å²) in [5, 5.41) is 1.30. The number of nitrogens with zero attached hydrogens (tertiary/aromatic N) is 3. The van der Waals surface area contributed by atoms with Gasteiger partial charge < -0.3 is 4.74 Å². The summed E-state index contributed by atoms with van der Waals surface area (Å²) in [5.41, 5.74) is 2.69. The molecule has 0 spiro atoms. The van der Waals surface area contributed by atoms with Crippen molar-refractivity contribution in [3.63, 3.8) is 0 Å². The first-order valence-electron chi connectivity index (χ1n) is 12.0. The van der Waals surface area contributed by atoms with Crippen LogP contribution in [0.15, 0.2) is 78.9 Å². The molecule has 1 aliphatic heterocycles. The molecule has 1 fully saturated rings. The Morgan fingerprint density at radius 3 is 2.26 bits per heavy atom. The molecule has 4 aromatic rings. The van der Waals surface area contributed by atoms with Gasteiger partial charge >= 0.3 is 0 Å². The summed E-state index contributed by atoms with van der Waals surface area (Å²) in [6.07, 6.45) is 0.853. The van der Waals surface area contributed by atoms with Crippen LogP contribution in [-0.2, 0) is 9.53 Å². The molecule has 0 bridgehead atoms. The lowest BCUT2D eigenvalue weighted by Crippen LogP contribution is -2.40. The Morgan fingerprint density at radius 2 is 1.63 bits per heavy atom. The number of hydrogen-bond acceptors (Lipinski definition) is 5. The smallest absolute Gasteiger partial charge is 0.240 e. The summed E-state index contributed by atoms with van der Waals surface area (Å²) >= 11 is 7.95. The number of carbonyl (C=O) groups is 1. The maximum atomic E-state index is 14.3. The zero-order chi connectivity index (χ0) is 24.0. The molecule has 5 nitrogen and oxygen atoms in total. The van der Waals surface area contributed by atoms with Gasteiger partial charge in [0, 0.05) is 26.2 Å². The number of benzene rings is 3. The second-order valence-corrected chi connectivity index (χ2v) is 10.1. The molecule has 3 aromatic carbocycles. The second-order valence-electron chi connectivity index (χ2n) is 8.63. The highest BCUT2D eigenvalue weighted by Gasteiger charge is 2.30. The minimum Gasteiger partial charge on any atom is -0.379 e. The largest absolute Gasteiger partial charge is 0.379 e. The van der Waals surface area contributed by atoms with Gasteiger partial charge in [-0.05, 0) is 29.7 Å². The van der Waals surface area contributed by atoms with Gasteiger partial charge in [0.25, 0.3) is 0 Å². The van der Waals surface area contributed by atoms with Crippen molar-refractivity contribution in [2.45, 2.75) is 12.3 Å². The Balaban J connectivity index is 1.49. The Hall–Kier alpha value is -2.77. The Labute approximate surface area is 214 Å². The molecule has 0 N–H and O–H groups in total. The fraction of sp³-hybridized carbons (Fsp3) is 0.286. The maximum absolute atomic E-state index is 14.3. The molecular formula is C28H28ClN3O2S. The molecule has 180 valence electrons. The van der Waals surface area contributed by atoms with Gasteiger partial charge in [0.1, 0.15) is 5.52 Å². The molecule has 2 heterocycles. The topological polar surface area (TPSA) is 45.7 Å². The van der Waals surface area contributed by atoms with E-state index >= 15 is 0 Å². The number of morpholine rings is 1. The van der Waals surface area contributed by atoms with Gasteiger partial charge in [-0.25, -0.2) is 4.98 Å². The van der Waals surface area contributed by atoms with Gasteiger partial charge in [-0.2, -0.15) is 0 Å². The molecule has 0 aliphatic carbocycles. The average Bonchev–Trinajstić information content (AvgIpc) is 3.34. The van der Waals surface area contributed by atoms with Crippen LogP contribution in [0.25, 0.3) is 10.2 Å². The van der Waals surface area contributed by atoms with E-state index in [1.165, 1.54) is 11.3 Å². The molecule has 35 heavy (non-hydrogen) atoms. The third-order valence-electron chi connectivity index (χ3n) is 6.33. The predicted molar refractivity (Wildman–Crippen MR) is 144 cm³/mol. The minimum atomic E-state index is -0.414. The van der Waals surface area contributed by atoms with Crippen molar-refractivity contribution in [1.29, 1.82) is 0 Å². The lowest BCUT2D eigenvalue weighted by Gasteiger charge is -2.29. The van der Waals surface area contributed by atoms with E-state index in [2.05, 4.69) is 4.90 Å². The number of para-hydroxylation sites is 1. The van der Waals surface area contributed by atoms with Crippen LogP contribution in [0.4, 0.5) is 5.13 Å². The van der Waals surface area contributed by atoms with Crippen molar-refractivity contribution >= 4 is 44.2 Å². The van der Waals surface area contributed by atoms with Crippen LogP contribution in [0.3, 0.4) is 0 Å². The zero-order valence-electron chi connectivity index (χ0n) is 19.5. The van der Waals surface area contributed by atoms with E-state index < -0.39 is 5.92 Å². The highest BCUT2D eigenvalue weighted by Crippen LogP contribution is 2.35. The van der Waals surface area contributed by atoms with E-state index in [9.17, 15) is 4.79 Å². The van der Waals surface area contributed by atoms with E-state index in [1.807, 2.05) is 83.8 Å². The molecule has 1 aromatic heterocycles. The van der Waals surface area contributed by atoms with Crippen LogP contribution in [0.1, 0.15) is 23.5 Å². The van der Waals surface area contributed by atoms with Crippen LogP contribution in [0.5, 0.6) is 0 Å². The third kappa shape index (κ3) is 5.57. The summed E-state index contributed by atoms with van der Waals surface area (Å²) in [6.45, 7) is 4.90. The fourth-order valence-corrected chi connectivity index (χ4v) is 5.82. The van der Waals surface area contributed by atoms with E-state index in [0.29, 0.717) is 16.7 Å². The number of hydrogen-bond donors (Lipinski definition) is 0. The summed E-state index contributed by atoms with van der Waals surface area (Å²) in [4.78, 5) is 23.4. The monoisotopic (exact) mass is 505 g/mol. The first kappa shape index (κ1) is 23.9. The number of rotatable bonds is 8. The van der Waals surface area contributed by atoms with E-state index in [4.69, 9.17) is 21.3 Å². The molecule has 1 saturated heterocycles. The van der Waals surface area contributed by atoms with Crippen LogP contribution in [0, 0.1) is 0 Å². The van der Waals surface area contributed by atoms with Crippen LogP contribution < -0.4 is 4.90 Å². The van der Waals surface area contributed by atoms with Crippen molar-refractivity contribution in [1.82, 2.24) is 9.88 Å². The van der Waals surface area contributed by atoms with E-state index in [1.54, 1.807) is 0 Å². The maximum Gasteiger partial charge on any atom is 0.240 e. The molecule has 7 heteroatoms. The first-order chi connectivity index (χ1) is 17.2. The van der Waals surface area contributed by atoms with Gasteiger partial charge in [-0.1, -0.05) is 89.7 Å². The number of amides is 1. The molecule has 1 aliphatic rings. The third-order valence-corrected chi connectivity index (χ3v) is 7.68. The molecule has 0 unspecified atom stereocenters. The van der Waals surface area contributed by atoms with E-state index in [-0.39, 0.29) is 5.91 Å². The quantitative estimate of drug-likeness (QED) is 0.302. The summed E-state index contributed by atoms with van der Waals surface area (Å²) in [6, 6.07) is 25.8. The molecule has 1 amide bonds. The van der Waals surface area contributed by atoms with Crippen molar-refractivity contribution in [2.75, 3.05) is 44.3 Å². The number of carbonyl (C=O) groups excluding carboxylic acids is 1. The van der Waals surface area contributed by atoms with Gasteiger partial charge in [0.15, 0.2) is 5.13 Å². The Bertz CT molecular complexity index is 1220. The van der Waals surface area contributed by atoms with Gasteiger partial charge in [0.05, 0.1) is 28.9 Å². The van der Waals surface area contributed by atoms with Crippen molar-refractivity contribution in [2.24, 2.45) is 0 Å².